The highest BCUT2D eigenvalue weighted by Crippen LogP contribution is 2.32. The zero-order valence-corrected chi connectivity index (χ0v) is 13.3. The first-order chi connectivity index (χ1) is 9.13. The maximum Gasteiger partial charge on any atom is 0.241 e. The van der Waals surface area contributed by atoms with Crippen LogP contribution in [0, 0.1) is 11.8 Å². The van der Waals surface area contributed by atoms with E-state index in [2.05, 4.69) is 30.3 Å². The van der Waals surface area contributed by atoms with Gasteiger partial charge in [-0.3, -0.25) is 10.1 Å². The van der Waals surface area contributed by atoms with Crippen LogP contribution in [0.25, 0.3) is 0 Å². The van der Waals surface area contributed by atoms with Crippen LogP contribution in [-0.2, 0) is 4.79 Å². The van der Waals surface area contributed by atoms with Crippen LogP contribution in [0.4, 0.5) is 0 Å². The Morgan fingerprint density at radius 3 is 2.63 bits per heavy atom. The number of hydrogen-bond donors (Lipinski definition) is 1. The van der Waals surface area contributed by atoms with Gasteiger partial charge < -0.3 is 4.90 Å². The van der Waals surface area contributed by atoms with E-state index in [9.17, 15) is 4.79 Å². The molecule has 1 saturated heterocycles. The van der Waals surface area contributed by atoms with Gasteiger partial charge in [0.1, 0.15) is 0 Å². The summed E-state index contributed by atoms with van der Waals surface area (Å²) in [5, 5.41) is 3.64. The van der Waals surface area contributed by atoms with Gasteiger partial charge in [0.05, 0.1) is 12.2 Å². The number of nitrogens with one attached hydrogen (secondary N) is 1. The van der Waals surface area contributed by atoms with Gasteiger partial charge in [0.25, 0.3) is 0 Å². The van der Waals surface area contributed by atoms with Crippen molar-refractivity contribution in [1.82, 2.24) is 10.2 Å². The molecule has 110 valence electrons. The zero-order chi connectivity index (χ0) is 13.8. The van der Waals surface area contributed by atoms with Crippen molar-refractivity contribution in [2.45, 2.75) is 58.2 Å². The lowest BCUT2D eigenvalue weighted by molar-refractivity contribution is -0.130. The highest BCUT2D eigenvalue weighted by molar-refractivity contribution is 7.98. The molecular weight excluding hydrogens is 256 g/mol. The van der Waals surface area contributed by atoms with Gasteiger partial charge >= 0.3 is 0 Å². The molecule has 0 aromatic heterocycles. The predicted octanol–water partition coefficient (Wildman–Crippen LogP) is 2.71. The fourth-order valence-corrected chi connectivity index (χ4v) is 3.83. The van der Waals surface area contributed by atoms with Crippen LogP contribution >= 0.6 is 11.8 Å². The fourth-order valence-electron chi connectivity index (χ4n) is 3.45. The summed E-state index contributed by atoms with van der Waals surface area (Å²) in [6.07, 6.45) is 8.64. The van der Waals surface area contributed by atoms with Crippen LogP contribution in [0.2, 0.25) is 0 Å². The smallest absolute Gasteiger partial charge is 0.241 e. The standard InChI is InChI=1S/C15H28N2OS/c1-11(2)10-13-15(18)17(8-9-19-3)14(16-13)12-6-4-5-7-12/h11-14,16H,4-10H2,1-3H3. The molecule has 19 heavy (non-hydrogen) atoms. The first kappa shape index (κ1) is 15.2. The van der Waals surface area contributed by atoms with Crippen LogP contribution in [0.1, 0.15) is 46.0 Å². The second kappa shape index (κ2) is 6.98. The highest BCUT2D eigenvalue weighted by atomic mass is 32.2. The Morgan fingerprint density at radius 1 is 1.37 bits per heavy atom. The fraction of sp³-hybridized carbons (Fsp3) is 0.933. The van der Waals surface area contributed by atoms with Gasteiger partial charge in [-0.15, -0.1) is 0 Å². The van der Waals surface area contributed by atoms with E-state index in [0.29, 0.717) is 23.9 Å². The van der Waals surface area contributed by atoms with Gasteiger partial charge in [-0.2, -0.15) is 11.8 Å². The molecule has 0 aromatic carbocycles. The van der Waals surface area contributed by atoms with E-state index in [4.69, 9.17) is 0 Å². The van der Waals surface area contributed by atoms with Gasteiger partial charge in [0, 0.05) is 12.3 Å². The van der Waals surface area contributed by atoms with E-state index in [0.717, 1.165) is 18.7 Å². The minimum atomic E-state index is 0.0625. The Morgan fingerprint density at radius 2 is 2.05 bits per heavy atom. The van der Waals surface area contributed by atoms with Crippen molar-refractivity contribution < 1.29 is 4.79 Å². The van der Waals surface area contributed by atoms with Crippen molar-refractivity contribution in [3.05, 3.63) is 0 Å². The summed E-state index contributed by atoms with van der Waals surface area (Å²) < 4.78 is 0. The van der Waals surface area contributed by atoms with Crippen molar-refractivity contribution in [3.63, 3.8) is 0 Å². The second-order valence-corrected chi connectivity index (χ2v) is 7.35. The van der Waals surface area contributed by atoms with Crippen molar-refractivity contribution in [3.8, 4) is 0 Å². The topological polar surface area (TPSA) is 32.3 Å². The molecule has 1 heterocycles. The lowest BCUT2D eigenvalue weighted by Gasteiger charge is -2.28. The molecule has 0 radical (unpaired) electrons. The molecule has 2 aliphatic rings. The SMILES string of the molecule is CSCCN1C(=O)C(CC(C)C)NC1C1CCCC1. The quantitative estimate of drug-likeness (QED) is 0.814. The van der Waals surface area contributed by atoms with E-state index in [-0.39, 0.29) is 6.04 Å². The monoisotopic (exact) mass is 284 g/mol. The molecule has 1 amide bonds. The van der Waals surface area contributed by atoms with E-state index in [1.807, 2.05) is 11.8 Å². The average molecular weight is 284 g/mol. The van der Waals surface area contributed by atoms with Crippen molar-refractivity contribution in [2.75, 3.05) is 18.6 Å². The summed E-state index contributed by atoms with van der Waals surface area (Å²) >= 11 is 1.83. The Kier molecular flexibility index (Phi) is 5.58. The van der Waals surface area contributed by atoms with Crippen molar-refractivity contribution >= 4 is 17.7 Å². The summed E-state index contributed by atoms with van der Waals surface area (Å²) in [5.74, 6) is 2.65. The number of carbonyl (C=O) groups is 1. The summed E-state index contributed by atoms with van der Waals surface area (Å²) in [7, 11) is 0. The third-order valence-corrected chi connectivity index (χ3v) is 4.97. The minimum Gasteiger partial charge on any atom is -0.325 e. The van der Waals surface area contributed by atoms with Crippen molar-refractivity contribution in [1.29, 1.82) is 0 Å². The predicted molar refractivity (Wildman–Crippen MR) is 82.2 cm³/mol. The normalized spacial score (nSPS) is 28.8. The first-order valence-corrected chi connectivity index (χ1v) is 9.08. The van der Waals surface area contributed by atoms with Crippen LogP contribution in [0.3, 0.4) is 0 Å². The molecule has 1 saturated carbocycles. The molecule has 2 atom stereocenters. The largest absolute Gasteiger partial charge is 0.325 e. The van der Waals surface area contributed by atoms with Gasteiger partial charge in [-0.25, -0.2) is 0 Å². The average Bonchev–Trinajstić information content (AvgIpc) is 2.97. The Bertz CT molecular complexity index is 303. The maximum absolute atomic E-state index is 12.6. The molecule has 3 nitrogen and oxygen atoms in total. The lowest BCUT2D eigenvalue weighted by atomic mass is 10.0. The Balaban J connectivity index is 2.03. The Hall–Kier alpha value is -0.220. The lowest BCUT2D eigenvalue weighted by Crippen LogP contribution is -2.43. The molecule has 0 bridgehead atoms. The number of nitrogens with zero attached hydrogens (tertiary/aromatic N) is 1. The van der Waals surface area contributed by atoms with Crippen LogP contribution in [0.15, 0.2) is 0 Å². The molecule has 1 aliphatic heterocycles. The first-order valence-electron chi connectivity index (χ1n) is 7.69. The summed E-state index contributed by atoms with van der Waals surface area (Å²) in [5.41, 5.74) is 0. The molecular formula is C15H28N2OS. The molecule has 1 aliphatic carbocycles. The van der Waals surface area contributed by atoms with Gasteiger partial charge in [0.15, 0.2) is 0 Å². The number of hydrogen-bond acceptors (Lipinski definition) is 3. The van der Waals surface area contributed by atoms with Crippen LogP contribution < -0.4 is 5.32 Å². The molecule has 2 rings (SSSR count). The number of rotatable bonds is 6. The number of amides is 1. The molecule has 0 spiro atoms. The van der Waals surface area contributed by atoms with E-state index >= 15 is 0 Å². The van der Waals surface area contributed by atoms with E-state index in [1.54, 1.807) is 0 Å². The van der Waals surface area contributed by atoms with Crippen molar-refractivity contribution in [2.24, 2.45) is 11.8 Å². The molecule has 1 N–H and O–H groups in total. The molecule has 4 heteroatoms. The minimum absolute atomic E-state index is 0.0625. The highest BCUT2D eigenvalue weighted by Gasteiger charge is 2.42. The third kappa shape index (κ3) is 3.66. The van der Waals surface area contributed by atoms with E-state index in [1.165, 1.54) is 25.7 Å². The molecule has 2 unspecified atom stereocenters. The van der Waals surface area contributed by atoms with Gasteiger partial charge in [-0.05, 0) is 37.4 Å². The zero-order valence-electron chi connectivity index (χ0n) is 12.5. The third-order valence-electron chi connectivity index (χ3n) is 4.38. The summed E-state index contributed by atoms with van der Waals surface area (Å²) in [6, 6.07) is 0.0625. The van der Waals surface area contributed by atoms with E-state index < -0.39 is 0 Å². The molecule has 0 aromatic rings. The molecule has 2 fully saturated rings. The summed E-state index contributed by atoms with van der Waals surface area (Å²) in [6.45, 7) is 5.30. The number of thioether (sulfide) groups is 1. The van der Waals surface area contributed by atoms with Crippen LogP contribution in [-0.4, -0.2) is 41.6 Å². The second-order valence-electron chi connectivity index (χ2n) is 6.36. The number of carbonyl (C=O) groups excluding carboxylic acids is 1. The van der Waals surface area contributed by atoms with Gasteiger partial charge in [-0.1, -0.05) is 26.7 Å². The Labute approximate surface area is 121 Å². The van der Waals surface area contributed by atoms with Gasteiger partial charge in [0.2, 0.25) is 5.91 Å². The maximum atomic E-state index is 12.6. The van der Waals surface area contributed by atoms with Crippen LogP contribution in [0.5, 0.6) is 0 Å². The summed E-state index contributed by atoms with van der Waals surface area (Å²) in [4.78, 5) is 14.7.